The summed E-state index contributed by atoms with van der Waals surface area (Å²) in [7, 11) is 1.02. The standard InChI is InChI=1S/C48H88NO10P/c1-6-8-10-11-12-13-14-15-16-17-18-19-20-21-25-28-32-38-47(52)56-42-46(43-58-60(54,55)57-41-40-49(3,4)5)59-48(53)39-33-37-45(51)36-31-27-24-22-23-26-30-35-44(50)34-29-9-7-2/h23-24,26-27,30-31,35-36,44-46,50-51H,6-22,25,28-29,32-34,37-43H2,1-5H3/b26-23-,27-24-,35-30+,36-31+/t44-,45-,46-/m1/s1. The lowest BCUT2D eigenvalue weighted by Gasteiger charge is -2.28. The Morgan fingerprint density at radius 2 is 1.05 bits per heavy atom. The fourth-order valence-electron chi connectivity index (χ4n) is 6.28. The Kier molecular flexibility index (Phi) is 38.3. The monoisotopic (exact) mass is 870 g/mol. The van der Waals surface area contributed by atoms with Gasteiger partial charge in [-0.2, -0.15) is 0 Å². The Bertz CT molecular complexity index is 1200. The molecule has 0 radical (unpaired) electrons. The summed E-state index contributed by atoms with van der Waals surface area (Å²) in [5.74, 6) is -1.06. The van der Waals surface area contributed by atoms with Gasteiger partial charge in [0.25, 0.3) is 7.82 Å². The van der Waals surface area contributed by atoms with E-state index in [0.717, 1.165) is 44.9 Å². The molecule has 0 aliphatic carbocycles. The van der Waals surface area contributed by atoms with Crippen molar-refractivity contribution in [1.29, 1.82) is 0 Å². The molecule has 0 saturated heterocycles. The van der Waals surface area contributed by atoms with Gasteiger partial charge in [0.05, 0.1) is 40.0 Å². The number of nitrogens with zero attached hydrogens (tertiary/aromatic N) is 1. The maximum Gasteiger partial charge on any atom is 0.306 e. The predicted molar refractivity (Wildman–Crippen MR) is 243 cm³/mol. The molecule has 0 spiro atoms. The van der Waals surface area contributed by atoms with Gasteiger partial charge in [-0.3, -0.25) is 14.2 Å². The van der Waals surface area contributed by atoms with Gasteiger partial charge >= 0.3 is 11.9 Å². The maximum atomic E-state index is 12.7. The average molecular weight is 870 g/mol. The third-order valence-electron chi connectivity index (χ3n) is 10.1. The molecule has 0 aromatic heterocycles. The highest BCUT2D eigenvalue weighted by atomic mass is 31.2. The van der Waals surface area contributed by atoms with Crippen LogP contribution in [0.25, 0.3) is 0 Å². The molecule has 350 valence electrons. The zero-order chi connectivity index (χ0) is 44.6. The van der Waals surface area contributed by atoms with E-state index < -0.39 is 44.7 Å². The smallest absolute Gasteiger partial charge is 0.306 e. The van der Waals surface area contributed by atoms with Gasteiger partial charge in [-0.25, -0.2) is 0 Å². The van der Waals surface area contributed by atoms with E-state index in [1.807, 2.05) is 51.5 Å². The van der Waals surface area contributed by atoms with Crippen LogP contribution in [0.4, 0.5) is 0 Å². The molecule has 0 aliphatic heterocycles. The second-order valence-electron chi connectivity index (χ2n) is 17.2. The van der Waals surface area contributed by atoms with Gasteiger partial charge in [0.2, 0.25) is 0 Å². The molecular formula is C48H88NO10P. The highest BCUT2D eigenvalue weighted by molar-refractivity contribution is 7.45. The molecule has 12 heteroatoms. The zero-order valence-corrected chi connectivity index (χ0v) is 39.5. The first-order valence-electron chi connectivity index (χ1n) is 23.6. The molecule has 2 N–H and O–H groups in total. The number of allylic oxidation sites excluding steroid dienone is 6. The first kappa shape index (κ1) is 57.9. The van der Waals surface area contributed by atoms with E-state index in [4.69, 9.17) is 18.5 Å². The molecule has 0 amide bonds. The molecule has 1 unspecified atom stereocenters. The minimum atomic E-state index is -4.69. The van der Waals surface area contributed by atoms with E-state index in [0.29, 0.717) is 36.7 Å². The summed E-state index contributed by atoms with van der Waals surface area (Å²) in [6.45, 7) is 3.87. The molecule has 60 heavy (non-hydrogen) atoms. The summed E-state index contributed by atoms with van der Waals surface area (Å²) in [6.07, 6.45) is 39.2. The van der Waals surface area contributed by atoms with Crippen molar-refractivity contribution in [3.63, 3.8) is 0 Å². The number of rotatable bonds is 42. The molecular weight excluding hydrogens is 781 g/mol. The van der Waals surface area contributed by atoms with Crippen molar-refractivity contribution in [3.05, 3.63) is 48.6 Å². The second-order valence-corrected chi connectivity index (χ2v) is 18.6. The van der Waals surface area contributed by atoms with E-state index in [9.17, 15) is 29.3 Å². The molecule has 0 aliphatic rings. The molecule has 0 fully saturated rings. The first-order chi connectivity index (χ1) is 28.8. The molecule has 0 aromatic rings. The Labute approximate surface area is 366 Å². The predicted octanol–water partition coefficient (Wildman–Crippen LogP) is 10.8. The van der Waals surface area contributed by atoms with Crippen molar-refractivity contribution >= 4 is 19.8 Å². The SMILES string of the molecule is CCCCCCCCCCCCCCCCCCCC(=O)OC[C@H](COP(=O)([O-])OCC[N+](C)(C)C)OC(=O)CCC[C@H](O)/C=C/C=C\C/C=C\C=C\[C@H](O)CCCCC. The maximum absolute atomic E-state index is 12.7. The fourth-order valence-corrected chi connectivity index (χ4v) is 7.01. The van der Waals surface area contributed by atoms with Crippen LogP contribution >= 0.6 is 7.82 Å². The van der Waals surface area contributed by atoms with Gasteiger partial charge in [0.1, 0.15) is 19.8 Å². The number of aliphatic hydroxyl groups excluding tert-OH is 2. The van der Waals surface area contributed by atoms with E-state index in [1.165, 1.54) is 83.5 Å². The number of ether oxygens (including phenoxy) is 2. The number of phosphoric acid groups is 1. The first-order valence-corrected chi connectivity index (χ1v) is 25.0. The Morgan fingerprint density at radius 1 is 0.600 bits per heavy atom. The highest BCUT2D eigenvalue weighted by Crippen LogP contribution is 2.38. The van der Waals surface area contributed by atoms with Crippen molar-refractivity contribution in [2.24, 2.45) is 0 Å². The van der Waals surface area contributed by atoms with Gasteiger partial charge in [-0.15, -0.1) is 0 Å². The number of likely N-dealkylation sites (N-methyl/N-ethyl adjacent to an activating group) is 1. The lowest BCUT2D eigenvalue weighted by molar-refractivity contribution is -0.870. The van der Waals surface area contributed by atoms with Crippen LogP contribution < -0.4 is 4.89 Å². The molecule has 0 rings (SSSR count). The molecule has 0 bridgehead atoms. The van der Waals surface area contributed by atoms with Gasteiger partial charge in [-0.1, -0.05) is 184 Å². The number of carbonyl (C=O) groups is 2. The van der Waals surface area contributed by atoms with Crippen LogP contribution in [0.2, 0.25) is 0 Å². The Morgan fingerprint density at radius 3 is 1.55 bits per heavy atom. The molecule has 11 nitrogen and oxygen atoms in total. The summed E-state index contributed by atoms with van der Waals surface area (Å²) in [6, 6.07) is 0. The number of hydrogen-bond donors (Lipinski definition) is 2. The largest absolute Gasteiger partial charge is 0.756 e. The van der Waals surface area contributed by atoms with Crippen molar-refractivity contribution < 1.29 is 52.3 Å². The summed E-state index contributed by atoms with van der Waals surface area (Å²) >= 11 is 0. The third kappa shape index (κ3) is 42.6. The number of unbranched alkanes of at least 4 members (excludes halogenated alkanes) is 18. The van der Waals surface area contributed by atoms with E-state index in [2.05, 4.69) is 13.8 Å². The van der Waals surface area contributed by atoms with E-state index >= 15 is 0 Å². The van der Waals surface area contributed by atoms with Crippen LogP contribution in [0.3, 0.4) is 0 Å². The molecule has 0 heterocycles. The quantitative estimate of drug-likeness (QED) is 0.0199. The van der Waals surface area contributed by atoms with Crippen molar-refractivity contribution in [2.45, 2.75) is 199 Å². The van der Waals surface area contributed by atoms with E-state index in [-0.39, 0.29) is 26.1 Å². The van der Waals surface area contributed by atoms with Crippen LogP contribution in [0.5, 0.6) is 0 Å². The summed E-state index contributed by atoms with van der Waals surface area (Å²) in [5, 5.41) is 20.2. The third-order valence-corrected chi connectivity index (χ3v) is 11.0. The molecule has 0 saturated carbocycles. The van der Waals surface area contributed by atoms with Crippen molar-refractivity contribution in [3.8, 4) is 0 Å². The highest BCUT2D eigenvalue weighted by Gasteiger charge is 2.22. The minimum Gasteiger partial charge on any atom is -0.756 e. The fraction of sp³-hybridized carbons (Fsp3) is 0.792. The summed E-state index contributed by atoms with van der Waals surface area (Å²) < 4.78 is 33.7. The van der Waals surface area contributed by atoms with E-state index in [1.54, 1.807) is 18.2 Å². The number of quaternary nitrogens is 1. The van der Waals surface area contributed by atoms with Gasteiger partial charge in [-0.05, 0) is 32.1 Å². The van der Waals surface area contributed by atoms with Crippen molar-refractivity contribution in [2.75, 3.05) is 47.5 Å². The number of hydrogen-bond acceptors (Lipinski definition) is 10. The number of aliphatic hydroxyl groups is 2. The topological polar surface area (TPSA) is 152 Å². The summed E-state index contributed by atoms with van der Waals surface area (Å²) in [5.41, 5.74) is 0. The Balaban J connectivity index is 4.54. The zero-order valence-electron chi connectivity index (χ0n) is 38.6. The Hall–Kier alpha value is -2.11. The summed E-state index contributed by atoms with van der Waals surface area (Å²) in [4.78, 5) is 37.6. The van der Waals surface area contributed by atoms with Crippen molar-refractivity contribution in [1.82, 2.24) is 0 Å². The van der Waals surface area contributed by atoms with Gasteiger partial charge < -0.3 is 38.1 Å². The van der Waals surface area contributed by atoms with Crippen LogP contribution in [0, 0.1) is 0 Å². The number of phosphoric ester groups is 1. The van der Waals surface area contributed by atoms with Crippen LogP contribution in [0.1, 0.15) is 181 Å². The second kappa shape index (κ2) is 39.7. The molecule has 0 aromatic carbocycles. The van der Waals surface area contributed by atoms with Gasteiger partial charge in [0, 0.05) is 12.8 Å². The lowest BCUT2D eigenvalue weighted by Crippen LogP contribution is -2.37. The number of esters is 2. The minimum absolute atomic E-state index is 0.0227. The lowest BCUT2D eigenvalue weighted by atomic mass is 10.0. The van der Waals surface area contributed by atoms with Crippen LogP contribution in [0.15, 0.2) is 48.6 Å². The van der Waals surface area contributed by atoms with Crippen LogP contribution in [-0.2, 0) is 32.7 Å². The van der Waals surface area contributed by atoms with Crippen LogP contribution in [-0.4, -0.2) is 92.5 Å². The normalized spacial score (nSPS) is 15.0. The molecule has 4 atom stereocenters. The average Bonchev–Trinajstić information content (AvgIpc) is 3.19. The number of carbonyl (C=O) groups excluding carboxylic acids is 2. The van der Waals surface area contributed by atoms with Gasteiger partial charge in [0.15, 0.2) is 6.10 Å².